The molecule has 1 N–H and O–H groups in total. The van der Waals surface area contributed by atoms with Crippen molar-refractivity contribution in [2.45, 2.75) is 24.9 Å². The molecule has 2 aromatic rings. The van der Waals surface area contributed by atoms with Crippen LogP contribution in [0.1, 0.15) is 29.8 Å². The molecule has 0 bridgehead atoms. The second-order valence-corrected chi connectivity index (χ2v) is 6.29. The lowest BCUT2D eigenvalue weighted by atomic mass is 9.95. The maximum Gasteiger partial charge on any atom is 0.407 e. The minimum atomic E-state index is -0.437. The molecular weight excluding hydrogens is 294 g/mol. The van der Waals surface area contributed by atoms with Gasteiger partial charge in [0.1, 0.15) is 11.3 Å². The van der Waals surface area contributed by atoms with Crippen LogP contribution in [-0.2, 0) is 4.74 Å². The van der Waals surface area contributed by atoms with Crippen molar-refractivity contribution in [3.8, 4) is 0 Å². The number of rotatable bonds is 1. The van der Waals surface area contributed by atoms with Crippen LogP contribution in [0, 0.1) is 0 Å². The summed E-state index contributed by atoms with van der Waals surface area (Å²) in [6, 6.07) is 9.69. The van der Waals surface area contributed by atoms with Crippen molar-refractivity contribution in [1.29, 1.82) is 0 Å². The van der Waals surface area contributed by atoms with Gasteiger partial charge in [-0.25, -0.2) is 4.79 Å². The summed E-state index contributed by atoms with van der Waals surface area (Å²) >= 11 is 0. The van der Waals surface area contributed by atoms with Gasteiger partial charge < -0.3 is 19.4 Å². The molecule has 2 aromatic heterocycles. The quantitative estimate of drug-likeness (QED) is 0.876. The second-order valence-electron chi connectivity index (χ2n) is 6.29. The van der Waals surface area contributed by atoms with E-state index in [4.69, 9.17) is 4.74 Å². The van der Waals surface area contributed by atoms with Crippen LogP contribution in [0.5, 0.6) is 0 Å². The van der Waals surface area contributed by atoms with E-state index in [9.17, 15) is 9.59 Å². The van der Waals surface area contributed by atoms with Gasteiger partial charge in [0.15, 0.2) is 0 Å². The Hall–Kier alpha value is -2.50. The van der Waals surface area contributed by atoms with Crippen molar-refractivity contribution in [2.24, 2.45) is 0 Å². The summed E-state index contributed by atoms with van der Waals surface area (Å²) in [5, 5.41) is 2.73. The Bertz CT molecular complexity index is 769. The Morgan fingerprint density at radius 3 is 2.91 bits per heavy atom. The SMILES string of the molecule is O=C1NCC2(CCCN(C(=O)c3ccc4ccccn34)CC2)O1. The van der Waals surface area contributed by atoms with Crippen molar-refractivity contribution in [3.05, 3.63) is 42.2 Å². The van der Waals surface area contributed by atoms with Gasteiger partial charge in [-0.3, -0.25) is 4.79 Å². The highest BCUT2D eigenvalue weighted by molar-refractivity contribution is 5.94. The van der Waals surface area contributed by atoms with E-state index in [0.717, 1.165) is 18.4 Å². The largest absolute Gasteiger partial charge is 0.441 e. The number of hydrogen-bond acceptors (Lipinski definition) is 3. The number of likely N-dealkylation sites (tertiary alicyclic amines) is 1. The number of amides is 2. The van der Waals surface area contributed by atoms with E-state index in [1.165, 1.54) is 0 Å². The standard InChI is InChI=1S/C17H19N3O3/c21-15(14-6-5-13-4-1-2-10-20(13)14)19-9-3-7-17(8-11-19)12-18-16(22)23-17/h1-2,4-6,10H,3,7-9,11-12H2,(H,18,22). The fourth-order valence-electron chi connectivity index (χ4n) is 3.54. The molecule has 2 amide bonds. The molecule has 0 aliphatic carbocycles. The first-order chi connectivity index (χ1) is 11.2. The number of hydrogen-bond donors (Lipinski definition) is 1. The monoisotopic (exact) mass is 313 g/mol. The van der Waals surface area contributed by atoms with Gasteiger partial charge in [-0.1, -0.05) is 6.07 Å². The average Bonchev–Trinajstić information content (AvgIpc) is 3.07. The highest BCUT2D eigenvalue weighted by Gasteiger charge is 2.42. The normalized spacial score (nSPS) is 24.5. The number of pyridine rings is 1. The van der Waals surface area contributed by atoms with Gasteiger partial charge in [0.2, 0.25) is 0 Å². The Balaban J connectivity index is 1.54. The topological polar surface area (TPSA) is 63.1 Å². The maximum atomic E-state index is 12.9. The molecule has 1 atom stereocenters. The molecule has 23 heavy (non-hydrogen) atoms. The molecule has 2 saturated heterocycles. The molecule has 6 nitrogen and oxygen atoms in total. The minimum Gasteiger partial charge on any atom is -0.441 e. The van der Waals surface area contributed by atoms with E-state index in [1.54, 1.807) is 0 Å². The van der Waals surface area contributed by atoms with Crippen LogP contribution in [-0.4, -0.2) is 46.5 Å². The van der Waals surface area contributed by atoms with Gasteiger partial charge in [-0.2, -0.15) is 0 Å². The molecule has 0 saturated carbocycles. The molecule has 6 heteroatoms. The Kier molecular flexibility index (Phi) is 3.25. The van der Waals surface area contributed by atoms with Gasteiger partial charge in [0, 0.05) is 31.2 Å². The lowest BCUT2D eigenvalue weighted by Crippen LogP contribution is -2.37. The van der Waals surface area contributed by atoms with Crippen LogP contribution < -0.4 is 5.32 Å². The predicted molar refractivity (Wildman–Crippen MR) is 84.4 cm³/mol. The third kappa shape index (κ3) is 2.44. The van der Waals surface area contributed by atoms with Gasteiger partial charge >= 0.3 is 6.09 Å². The van der Waals surface area contributed by atoms with E-state index >= 15 is 0 Å². The predicted octanol–water partition coefficient (Wildman–Crippen LogP) is 2.04. The van der Waals surface area contributed by atoms with Crippen molar-refractivity contribution >= 4 is 17.5 Å². The third-order valence-electron chi connectivity index (χ3n) is 4.83. The molecular formula is C17H19N3O3. The van der Waals surface area contributed by atoms with Crippen LogP contribution in [0.4, 0.5) is 4.79 Å². The summed E-state index contributed by atoms with van der Waals surface area (Å²) in [5.41, 5.74) is 1.25. The molecule has 2 fully saturated rings. The third-order valence-corrected chi connectivity index (χ3v) is 4.83. The van der Waals surface area contributed by atoms with Crippen LogP contribution in [0.2, 0.25) is 0 Å². The van der Waals surface area contributed by atoms with Crippen LogP contribution in [0.25, 0.3) is 5.52 Å². The number of fused-ring (bicyclic) bond motifs is 1. The van der Waals surface area contributed by atoms with Gasteiger partial charge in [0.05, 0.1) is 6.54 Å². The number of ether oxygens (including phenoxy) is 1. The number of carbonyl (C=O) groups excluding carboxylic acids is 2. The minimum absolute atomic E-state index is 0.0329. The molecule has 2 aliphatic heterocycles. The number of alkyl carbamates (subject to hydrolysis) is 1. The first-order valence-electron chi connectivity index (χ1n) is 7.99. The van der Waals surface area contributed by atoms with E-state index in [0.29, 0.717) is 31.7 Å². The van der Waals surface area contributed by atoms with Crippen molar-refractivity contribution < 1.29 is 14.3 Å². The molecule has 4 rings (SSSR count). The van der Waals surface area contributed by atoms with E-state index in [-0.39, 0.29) is 12.0 Å². The smallest absolute Gasteiger partial charge is 0.407 e. The number of nitrogens with zero attached hydrogens (tertiary/aromatic N) is 2. The highest BCUT2D eigenvalue weighted by atomic mass is 16.6. The fraction of sp³-hybridized carbons (Fsp3) is 0.412. The lowest BCUT2D eigenvalue weighted by Gasteiger charge is -2.25. The molecule has 2 aliphatic rings. The van der Waals surface area contributed by atoms with Gasteiger partial charge in [-0.05, 0) is 37.1 Å². The Morgan fingerprint density at radius 2 is 2.09 bits per heavy atom. The van der Waals surface area contributed by atoms with Crippen LogP contribution in [0.15, 0.2) is 36.5 Å². The lowest BCUT2D eigenvalue weighted by molar-refractivity contribution is 0.0438. The first-order valence-corrected chi connectivity index (χ1v) is 7.99. The Labute approximate surface area is 134 Å². The molecule has 120 valence electrons. The zero-order valence-electron chi connectivity index (χ0n) is 12.8. The summed E-state index contributed by atoms with van der Waals surface area (Å²) < 4.78 is 7.38. The maximum absolute atomic E-state index is 12.9. The molecule has 1 unspecified atom stereocenters. The molecule has 1 spiro atoms. The fourth-order valence-corrected chi connectivity index (χ4v) is 3.54. The molecule has 0 aromatic carbocycles. The van der Waals surface area contributed by atoms with Crippen LogP contribution in [0.3, 0.4) is 0 Å². The highest BCUT2D eigenvalue weighted by Crippen LogP contribution is 2.29. The number of carbonyl (C=O) groups is 2. The summed E-state index contributed by atoms with van der Waals surface area (Å²) in [4.78, 5) is 26.1. The molecule has 0 radical (unpaired) electrons. The zero-order chi connectivity index (χ0) is 15.9. The van der Waals surface area contributed by atoms with Crippen LogP contribution >= 0.6 is 0 Å². The average molecular weight is 313 g/mol. The van der Waals surface area contributed by atoms with Gasteiger partial charge in [0.25, 0.3) is 5.91 Å². The van der Waals surface area contributed by atoms with Crippen molar-refractivity contribution in [3.63, 3.8) is 0 Å². The molecule has 4 heterocycles. The second kappa shape index (κ2) is 5.30. The van der Waals surface area contributed by atoms with E-state index in [1.807, 2.05) is 45.8 Å². The number of nitrogens with one attached hydrogen (secondary N) is 1. The summed E-state index contributed by atoms with van der Waals surface area (Å²) in [5.74, 6) is 0.0329. The van der Waals surface area contributed by atoms with Crippen molar-refractivity contribution in [1.82, 2.24) is 14.6 Å². The van der Waals surface area contributed by atoms with E-state index < -0.39 is 5.60 Å². The van der Waals surface area contributed by atoms with Crippen molar-refractivity contribution in [2.75, 3.05) is 19.6 Å². The summed E-state index contributed by atoms with van der Waals surface area (Å²) in [7, 11) is 0. The van der Waals surface area contributed by atoms with E-state index in [2.05, 4.69) is 5.32 Å². The number of aromatic nitrogens is 1. The Morgan fingerprint density at radius 1 is 1.17 bits per heavy atom. The zero-order valence-corrected chi connectivity index (χ0v) is 12.8. The first kappa shape index (κ1) is 14.1. The van der Waals surface area contributed by atoms with Gasteiger partial charge in [-0.15, -0.1) is 0 Å². The summed E-state index contributed by atoms with van der Waals surface area (Å²) in [6.07, 6.45) is 3.88. The summed E-state index contributed by atoms with van der Waals surface area (Å²) in [6.45, 7) is 1.84.